The van der Waals surface area contributed by atoms with Gasteiger partial charge in [-0.25, -0.2) is 4.39 Å². The van der Waals surface area contributed by atoms with E-state index in [1.54, 1.807) is 31.2 Å². The molecule has 16 heavy (non-hydrogen) atoms. The number of hydrogen-bond donors (Lipinski definition) is 0. The minimum absolute atomic E-state index is 0.301. The summed E-state index contributed by atoms with van der Waals surface area (Å²) in [5.74, 6) is 0.132. The van der Waals surface area contributed by atoms with Crippen molar-refractivity contribution < 1.29 is 13.9 Å². The van der Waals surface area contributed by atoms with Crippen molar-refractivity contribution in [2.45, 2.75) is 6.92 Å². The van der Waals surface area contributed by atoms with Gasteiger partial charge in [-0.1, -0.05) is 17.4 Å². The van der Waals surface area contributed by atoms with Gasteiger partial charge < -0.3 is 4.74 Å². The smallest absolute Gasteiger partial charge is 0.181 e. The molecule has 0 atom stereocenters. The first-order chi connectivity index (χ1) is 7.69. The standard InChI is InChI=1S/C12H9FO2S/c1-8-2-3-9(6-11(8)13)15-12-5-4-10(7-14)16-12/h2-7H,1H3. The van der Waals surface area contributed by atoms with Crippen LogP contribution in [0.4, 0.5) is 4.39 Å². The lowest BCUT2D eigenvalue weighted by molar-refractivity contribution is 0.112. The Labute approximate surface area is 96.3 Å². The molecular formula is C12H9FO2S. The molecule has 0 unspecified atom stereocenters. The van der Waals surface area contributed by atoms with Gasteiger partial charge in [-0.05, 0) is 30.7 Å². The van der Waals surface area contributed by atoms with Crippen molar-refractivity contribution in [2.75, 3.05) is 0 Å². The molecule has 1 aromatic heterocycles. The fourth-order valence-electron chi connectivity index (χ4n) is 1.21. The average molecular weight is 236 g/mol. The Morgan fingerprint density at radius 3 is 2.75 bits per heavy atom. The first-order valence-corrected chi connectivity index (χ1v) is 5.50. The first kappa shape index (κ1) is 10.8. The van der Waals surface area contributed by atoms with Crippen LogP contribution < -0.4 is 4.74 Å². The molecule has 0 aliphatic carbocycles. The second kappa shape index (κ2) is 4.45. The highest BCUT2D eigenvalue weighted by Crippen LogP contribution is 2.29. The third kappa shape index (κ3) is 2.28. The molecule has 0 aliphatic rings. The normalized spacial score (nSPS) is 10.1. The summed E-state index contributed by atoms with van der Waals surface area (Å²) in [6, 6.07) is 8.02. The maximum Gasteiger partial charge on any atom is 0.181 e. The van der Waals surface area contributed by atoms with Gasteiger partial charge in [0.05, 0.1) is 4.88 Å². The highest BCUT2D eigenvalue weighted by atomic mass is 32.1. The topological polar surface area (TPSA) is 26.3 Å². The zero-order valence-corrected chi connectivity index (χ0v) is 9.38. The van der Waals surface area contributed by atoms with Crippen LogP contribution in [0.1, 0.15) is 15.2 Å². The summed E-state index contributed by atoms with van der Waals surface area (Å²) in [5, 5.41) is 0.574. The molecule has 0 spiro atoms. The van der Waals surface area contributed by atoms with Crippen molar-refractivity contribution in [3.63, 3.8) is 0 Å². The van der Waals surface area contributed by atoms with Gasteiger partial charge in [0.15, 0.2) is 11.3 Å². The predicted octanol–water partition coefficient (Wildman–Crippen LogP) is 3.80. The molecule has 4 heteroatoms. The summed E-state index contributed by atoms with van der Waals surface area (Å²) in [5.41, 5.74) is 0.576. The van der Waals surface area contributed by atoms with Crippen LogP contribution in [0.5, 0.6) is 10.8 Å². The van der Waals surface area contributed by atoms with E-state index in [9.17, 15) is 9.18 Å². The molecule has 2 aromatic rings. The van der Waals surface area contributed by atoms with E-state index in [-0.39, 0.29) is 5.82 Å². The van der Waals surface area contributed by atoms with Crippen LogP contribution in [-0.2, 0) is 0 Å². The van der Waals surface area contributed by atoms with E-state index >= 15 is 0 Å². The Kier molecular flexibility index (Phi) is 3.01. The number of aryl methyl sites for hydroxylation is 1. The lowest BCUT2D eigenvalue weighted by Crippen LogP contribution is -1.85. The number of carbonyl (C=O) groups is 1. The lowest BCUT2D eigenvalue weighted by atomic mass is 10.2. The second-order valence-corrected chi connectivity index (χ2v) is 4.37. The van der Waals surface area contributed by atoms with Crippen molar-refractivity contribution >= 4 is 17.6 Å². The third-order valence-electron chi connectivity index (χ3n) is 2.08. The summed E-state index contributed by atoms with van der Waals surface area (Å²) in [7, 11) is 0. The predicted molar refractivity (Wildman–Crippen MR) is 60.9 cm³/mol. The maximum absolute atomic E-state index is 13.2. The molecule has 0 amide bonds. The van der Waals surface area contributed by atoms with Crippen LogP contribution in [0, 0.1) is 12.7 Å². The van der Waals surface area contributed by atoms with Crippen LogP contribution >= 0.6 is 11.3 Å². The minimum Gasteiger partial charge on any atom is -0.447 e. The summed E-state index contributed by atoms with van der Waals surface area (Å²) in [6.45, 7) is 1.69. The van der Waals surface area contributed by atoms with Crippen molar-refractivity contribution in [1.82, 2.24) is 0 Å². The quantitative estimate of drug-likeness (QED) is 0.758. The van der Waals surface area contributed by atoms with Gasteiger partial charge in [0.25, 0.3) is 0 Å². The van der Waals surface area contributed by atoms with Gasteiger partial charge in [0.1, 0.15) is 11.6 Å². The molecule has 0 bridgehead atoms. The Morgan fingerprint density at radius 1 is 1.31 bits per heavy atom. The first-order valence-electron chi connectivity index (χ1n) is 4.68. The Bertz CT molecular complexity index is 519. The molecule has 1 heterocycles. The number of aldehydes is 1. The Hall–Kier alpha value is -1.68. The third-order valence-corrected chi connectivity index (χ3v) is 2.97. The van der Waals surface area contributed by atoms with Crippen molar-refractivity contribution in [1.29, 1.82) is 0 Å². The Balaban J connectivity index is 2.20. The van der Waals surface area contributed by atoms with E-state index in [0.29, 0.717) is 21.3 Å². The van der Waals surface area contributed by atoms with Crippen molar-refractivity contribution in [2.24, 2.45) is 0 Å². The number of benzene rings is 1. The molecule has 2 nitrogen and oxygen atoms in total. The summed E-state index contributed by atoms with van der Waals surface area (Å²) < 4.78 is 18.6. The summed E-state index contributed by atoms with van der Waals surface area (Å²) in [4.78, 5) is 11.1. The van der Waals surface area contributed by atoms with Crippen LogP contribution in [0.25, 0.3) is 0 Å². The second-order valence-electron chi connectivity index (χ2n) is 3.29. The number of hydrogen-bond acceptors (Lipinski definition) is 3. The van der Waals surface area contributed by atoms with Crippen molar-refractivity contribution in [3.8, 4) is 10.8 Å². The lowest BCUT2D eigenvalue weighted by Gasteiger charge is -2.03. The van der Waals surface area contributed by atoms with E-state index in [4.69, 9.17) is 4.74 Å². The van der Waals surface area contributed by atoms with Crippen molar-refractivity contribution in [3.05, 3.63) is 46.6 Å². The number of rotatable bonds is 3. The largest absolute Gasteiger partial charge is 0.447 e. The van der Waals surface area contributed by atoms with Gasteiger partial charge in [0, 0.05) is 6.07 Å². The maximum atomic E-state index is 13.2. The number of thiophene rings is 1. The van der Waals surface area contributed by atoms with E-state index < -0.39 is 0 Å². The molecular weight excluding hydrogens is 227 g/mol. The number of ether oxygens (including phenoxy) is 1. The van der Waals surface area contributed by atoms with E-state index in [2.05, 4.69) is 0 Å². The molecule has 0 fully saturated rings. The van der Waals surface area contributed by atoms with E-state index in [1.807, 2.05) is 0 Å². The molecule has 0 aliphatic heterocycles. The fourth-order valence-corrected chi connectivity index (χ4v) is 1.90. The van der Waals surface area contributed by atoms with Gasteiger partial charge in [-0.15, -0.1) is 0 Å². The summed E-state index contributed by atoms with van der Waals surface area (Å²) in [6.07, 6.45) is 0.757. The van der Waals surface area contributed by atoms with Gasteiger partial charge in [-0.3, -0.25) is 4.79 Å². The average Bonchev–Trinajstić information content (AvgIpc) is 2.71. The molecule has 82 valence electrons. The monoisotopic (exact) mass is 236 g/mol. The van der Waals surface area contributed by atoms with E-state index in [0.717, 1.165) is 6.29 Å². The van der Waals surface area contributed by atoms with Gasteiger partial charge in [-0.2, -0.15) is 0 Å². The zero-order valence-electron chi connectivity index (χ0n) is 8.57. The van der Waals surface area contributed by atoms with Crippen LogP contribution in [0.2, 0.25) is 0 Å². The summed E-state index contributed by atoms with van der Waals surface area (Å²) >= 11 is 1.23. The SMILES string of the molecule is Cc1ccc(Oc2ccc(C=O)s2)cc1F. The molecule has 0 saturated heterocycles. The molecule has 0 saturated carbocycles. The van der Waals surface area contributed by atoms with Crippen LogP contribution in [-0.4, -0.2) is 6.29 Å². The van der Waals surface area contributed by atoms with E-state index in [1.165, 1.54) is 17.4 Å². The highest BCUT2D eigenvalue weighted by molar-refractivity contribution is 7.15. The minimum atomic E-state index is -0.301. The fraction of sp³-hybridized carbons (Fsp3) is 0.0833. The highest BCUT2D eigenvalue weighted by Gasteiger charge is 2.04. The van der Waals surface area contributed by atoms with Crippen LogP contribution in [0.15, 0.2) is 30.3 Å². The Morgan fingerprint density at radius 2 is 2.12 bits per heavy atom. The molecule has 1 aromatic carbocycles. The van der Waals surface area contributed by atoms with Gasteiger partial charge >= 0.3 is 0 Å². The zero-order chi connectivity index (χ0) is 11.5. The molecule has 0 radical (unpaired) electrons. The number of halogens is 1. The van der Waals surface area contributed by atoms with Gasteiger partial charge in [0.2, 0.25) is 0 Å². The molecule has 0 N–H and O–H groups in total. The molecule has 2 rings (SSSR count). The van der Waals surface area contributed by atoms with Crippen LogP contribution in [0.3, 0.4) is 0 Å². The number of carbonyl (C=O) groups excluding carboxylic acids is 1.